The van der Waals surface area contributed by atoms with Crippen LogP contribution in [0.2, 0.25) is 0 Å². The topological polar surface area (TPSA) is 105 Å². The zero-order chi connectivity index (χ0) is 19.0. The summed E-state index contributed by atoms with van der Waals surface area (Å²) < 4.78 is 9.46. The van der Waals surface area contributed by atoms with Crippen LogP contribution in [0.1, 0.15) is 40.0 Å². The van der Waals surface area contributed by atoms with E-state index in [9.17, 15) is 14.4 Å². The number of carbonyl (C=O) groups excluding carboxylic acids is 3. The van der Waals surface area contributed by atoms with Crippen LogP contribution in [-0.2, 0) is 23.9 Å². The second-order valence-corrected chi connectivity index (χ2v) is 5.09. The highest BCUT2D eigenvalue weighted by Gasteiger charge is 2.30. The largest absolute Gasteiger partial charge is 0.463 e. The molecule has 0 aliphatic rings. The van der Waals surface area contributed by atoms with E-state index in [1.54, 1.807) is 0 Å². The fourth-order valence-electron chi connectivity index (χ4n) is 1.16. The van der Waals surface area contributed by atoms with Crippen LogP contribution in [0.3, 0.4) is 0 Å². The molecule has 0 spiro atoms. The fourth-order valence-corrected chi connectivity index (χ4v) is 1.16. The lowest BCUT2D eigenvalue weighted by atomic mass is 10.1. The van der Waals surface area contributed by atoms with Gasteiger partial charge in [0.25, 0.3) is 0 Å². The van der Waals surface area contributed by atoms with Crippen LogP contribution in [0.25, 0.3) is 0 Å². The summed E-state index contributed by atoms with van der Waals surface area (Å²) in [5.74, 6) is -1.35. The van der Waals surface area contributed by atoms with E-state index in [1.807, 2.05) is 13.0 Å². The quantitative estimate of drug-likeness (QED) is 0.392. The molecule has 0 unspecified atom stereocenters. The van der Waals surface area contributed by atoms with Crippen LogP contribution in [0.4, 0.5) is 0 Å². The molecule has 134 valence electrons. The number of rotatable bonds is 9. The van der Waals surface area contributed by atoms with Crippen molar-refractivity contribution in [1.82, 2.24) is 5.32 Å². The third-order valence-electron chi connectivity index (χ3n) is 2.49. The van der Waals surface area contributed by atoms with E-state index >= 15 is 0 Å². The van der Waals surface area contributed by atoms with Gasteiger partial charge in [-0.1, -0.05) is 26.5 Å². The minimum atomic E-state index is -1.11. The van der Waals surface area contributed by atoms with Gasteiger partial charge in [0.05, 0.1) is 19.1 Å². The zero-order valence-corrected chi connectivity index (χ0v) is 14.6. The van der Waals surface area contributed by atoms with Gasteiger partial charge in [0, 0.05) is 6.08 Å². The Labute approximate surface area is 143 Å². The zero-order valence-electron chi connectivity index (χ0n) is 14.6. The van der Waals surface area contributed by atoms with Crippen molar-refractivity contribution in [3.8, 4) is 6.07 Å². The minimum absolute atomic E-state index is 0.0305. The van der Waals surface area contributed by atoms with Crippen LogP contribution in [0, 0.1) is 11.3 Å². The number of ether oxygens (including phenoxy) is 2. The number of unbranched alkanes of at least 4 members (excludes halogenated alkanes) is 1. The highest BCUT2D eigenvalue weighted by atomic mass is 16.5. The van der Waals surface area contributed by atoms with Gasteiger partial charge in [-0.2, -0.15) is 5.26 Å². The van der Waals surface area contributed by atoms with Gasteiger partial charge in [0.15, 0.2) is 0 Å². The lowest BCUT2D eigenvalue weighted by molar-refractivity contribution is -0.151. The second-order valence-electron chi connectivity index (χ2n) is 5.09. The van der Waals surface area contributed by atoms with Crippen molar-refractivity contribution in [2.75, 3.05) is 13.2 Å². The molecular formula is C17H26N2O5. The molecule has 0 saturated heterocycles. The highest BCUT2D eigenvalue weighted by molar-refractivity contribution is 5.92. The monoisotopic (exact) mass is 338 g/mol. The van der Waals surface area contributed by atoms with Gasteiger partial charge in [-0.3, -0.25) is 4.79 Å². The van der Waals surface area contributed by atoms with Crippen molar-refractivity contribution in [2.24, 2.45) is 0 Å². The molecule has 0 aromatic rings. The average molecular weight is 338 g/mol. The van der Waals surface area contributed by atoms with Gasteiger partial charge in [-0.15, -0.1) is 0 Å². The molecule has 1 N–H and O–H groups in total. The van der Waals surface area contributed by atoms with E-state index in [-0.39, 0.29) is 19.0 Å². The van der Waals surface area contributed by atoms with E-state index in [0.717, 1.165) is 18.9 Å². The van der Waals surface area contributed by atoms with Gasteiger partial charge >= 0.3 is 11.9 Å². The minimum Gasteiger partial charge on any atom is -0.463 e. The number of nitrogens with one attached hydrogen (secondary N) is 1. The molecule has 0 aliphatic heterocycles. The maximum Gasteiger partial charge on any atom is 0.331 e. The number of amides is 1. The molecule has 1 amide bonds. The van der Waals surface area contributed by atoms with E-state index in [4.69, 9.17) is 10.00 Å². The first kappa shape index (κ1) is 23.6. The van der Waals surface area contributed by atoms with Crippen LogP contribution >= 0.6 is 0 Å². The molecule has 0 aromatic carbocycles. The lowest BCUT2D eigenvalue weighted by Crippen LogP contribution is -2.50. The maximum atomic E-state index is 11.4. The molecule has 0 aliphatic carbocycles. The fraction of sp³-hybridized carbons (Fsp3) is 0.529. The standard InChI is InChI=1S/C10H14N2O3.C7H12O2/c1-4-8(13)12-10(2,3)9(14)15-7-5-6-11;1-3-5-6-9-7(8)4-2/h4H,1,5,7H2,2-3H3,(H,12,13);4H,2-3,5-6H2,1H3. The predicted molar refractivity (Wildman–Crippen MR) is 89.7 cm³/mol. The summed E-state index contributed by atoms with van der Waals surface area (Å²) in [4.78, 5) is 32.7. The number of carbonyl (C=O) groups is 3. The summed E-state index contributed by atoms with van der Waals surface area (Å²) in [7, 11) is 0. The molecule has 0 saturated carbocycles. The van der Waals surface area contributed by atoms with Crippen LogP contribution in [-0.4, -0.2) is 36.6 Å². The van der Waals surface area contributed by atoms with Crippen LogP contribution in [0.5, 0.6) is 0 Å². The number of esters is 2. The number of hydrogen-bond acceptors (Lipinski definition) is 6. The van der Waals surface area contributed by atoms with E-state index in [1.165, 1.54) is 19.9 Å². The summed E-state index contributed by atoms with van der Waals surface area (Å²) in [6.07, 6.45) is 4.36. The molecule has 7 heteroatoms. The second kappa shape index (κ2) is 14.0. The predicted octanol–water partition coefficient (Wildman–Crippen LogP) is 2.04. The summed E-state index contributed by atoms with van der Waals surface area (Å²) >= 11 is 0. The molecule has 0 heterocycles. The third kappa shape index (κ3) is 13.1. The van der Waals surface area contributed by atoms with Crippen LogP contribution < -0.4 is 5.32 Å². The van der Waals surface area contributed by atoms with E-state index in [2.05, 4.69) is 23.2 Å². The van der Waals surface area contributed by atoms with Crippen molar-refractivity contribution in [1.29, 1.82) is 5.26 Å². The van der Waals surface area contributed by atoms with Crippen molar-refractivity contribution >= 4 is 17.8 Å². The van der Waals surface area contributed by atoms with Crippen molar-refractivity contribution in [3.63, 3.8) is 0 Å². The average Bonchev–Trinajstić information content (AvgIpc) is 2.55. The van der Waals surface area contributed by atoms with Gasteiger partial charge in [-0.25, -0.2) is 9.59 Å². The van der Waals surface area contributed by atoms with Gasteiger partial charge < -0.3 is 14.8 Å². The van der Waals surface area contributed by atoms with Crippen LogP contribution in [0.15, 0.2) is 25.3 Å². The SMILES string of the molecule is C=CC(=O)NC(C)(C)C(=O)OCCC#N.C=CC(=O)OCCCC. The molecule has 7 nitrogen and oxygen atoms in total. The lowest BCUT2D eigenvalue weighted by Gasteiger charge is -2.22. The van der Waals surface area contributed by atoms with E-state index in [0.29, 0.717) is 6.61 Å². The first-order valence-corrected chi connectivity index (χ1v) is 7.53. The molecule has 0 atom stereocenters. The van der Waals surface area contributed by atoms with Crippen molar-refractivity contribution < 1.29 is 23.9 Å². The molecular weight excluding hydrogens is 312 g/mol. The smallest absolute Gasteiger partial charge is 0.331 e. The first-order chi connectivity index (χ1) is 11.2. The molecule has 0 rings (SSSR count). The number of hydrogen-bond donors (Lipinski definition) is 1. The molecule has 0 fully saturated rings. The van der Waals surface area contributed by atoms with Gasteiger partial charge in [-0.05, 0) is 26.3 Å². The Morgan fingerprint density at radius 1 is 1.17 bits per heavy atom. The number of nitrogens with zero attached hydrogens (tertiary/aromatic N) is 1. The summed E-state index contributed by atoms with van der Waals surface area (Å²) in [5, 5.41) is 10.7. The molecule has 0 aromatic heterocycles. The highest BCUT2D eigenvalue weighted by Crippen LogP contribution is 2.05. The van der Waals surface area contributed by atoms with Crippen molar-refractivity contribution in [3.05, 3.63) is 25.3 Å². The Morgan fingerprint density at radius 2 is 1.79 bits per heavy atom. The Morgan fingerprint density at radius 3 is 2.25 bits per heavy atom. The van der Waals surface area contributed by atoms with Gasteiger partial charge in [0.1, 0.15) is 12.1 Å². The Bertz CT molecular complexity index is 478. The summed E-state index contributed by atoms with van der Waals surface area (Å²) in [6, 6.07) is 1.85. The number of nitriles is 1. The first-order valence-electron chi connectivity index (χ1n) is 7.53. The van der Waals surface area contributed by atoms with Gasteiger partial charge in [0.2, 0.25) is 5.91 Å². The van der Waals surface area contributed by atoms with E-state index < -0.39 is 17.4 Å². The molecule has 0 radical (unpaired) electrons. The molecule has 0 bridgehead atoms. The summed E-state index contributed by atoms with van der Waals surface area (Å²) in [6.45, 7) is 12.2. The normalized spacial score (nSPS) is 9.42. The third-order valence-corrected chi connectivity index (χ3v) is 2.49. The Hall–Kier alpha value is -2.62. The Kier molecular flexibility index (Phi) is 13.8. The van der Waals surface area contributed by atoms with Crippen molar-refractivity contribution in [2.45, 2.75) is 45.6 Å². The summed E-state index contributed by atoms with van der Waals surface area (Å²) in [5.41, 5.74) is -1.11. The molecule has 24 heavy (non-hydrogen) atoms. The Balaban J connectivity index is 0. The maximum absolute atomic E-state index is 11.4.